The third-order valence-corrected chi connectivity index (χ3v) is 7.97. The first-order valence-corrected chi connectivity index (χ1v) is 14.7. The number of rotatable bonds is 5. The first kappa shape index (κ1) is 28.2. The van der Waals surface area contributed by atoms with Gasteiger partial charge in [-0.3, -0.25) is 9.59 Å². The monoisotopic (exact) mass is 606 g/mol. The summed E-state index contributed by atoms with van der Waals surface area (Å²) in [6.45, 7) is 2.14. The lowest BCUT2D eigenvalue weighted by Crippen LogP contribution is -2.42. The Morgan fingerprint density at radius 2 is 1.84 bits per heavy atom. The lowest BCUT2D eigenvalue weighted by molar-refractivity contribution is -0.117. The molecule has 43 heavy (non-hydrogen) atoms. The average molecular weight is 607 g/mol. The number of benzene rings is 3. The summed E-state index contributed by atoms with van der Waals surface area (Å²) < 4.78 is 61.0. The molecule has 2 aliphatic rings. The number of carbonyl (C=O) groups is 2. The van der Waals surface area contributed by atoms with Gasteiger partial charge in [0.25, 0.3) is 11.8 Å². The molecule has 1 unspecified atom stereocenters. The van der Waals surface area contributed by atoms with Crippen molar-refractivity contribution in [2.45, 2.75) is 37.1 Å². The second-order valence-corrected chi connectivity index (χ2v) is 11.6. The molecule has 6 rings (SSSR count). The molecular formula is C29H24F2N6O5S. The fourth-order valence-corrected chi connectivity index (χ4v) is 5.47. The number of halogens is 2. The van der Waals surface area contributed by atoms with Gasteiger partial charge in [-0.2, -0.15) is 5.10 Å². The number of nitrogens with zero attached hydrogens (tertiary/aromatic N) is 3. The molecule has 2 aliphatic heterocycles. The maximum atomic E-state index is 15.3. The Labute approximate surface area is 244 Å². The number of carbonyl (C=O) groups excluding carboxylic acids is 2. The molecule has 0 aliphatic carbocycles. The van der Waals surface area contributed by atoms with Gasteiger partial charge in [0.1, 0.15) is 22.9 Å². The van der Waals surface area contributed by atoms with Crippen LogP contribution in [-0.2, 0) is 21.4 Å². The predicted octanol–water partition coefficient (Wildman–Crippen LogP) is 3.19. The Hall–Kier alpha value is -4.95. The van der Waals surface area contributed by atoms with Crippen LogP contribution in [0.1, 0.15) is 34.8 Å². The van der Waals surface area contributed by atoms with Crippen LogP contribution in [0.3, 0.4) is 0 Å². The van der Waals surface area contributed by atoms with Gasteiger partial charge in [-0.05, 0) is 31.2 Å². The number of primary sulfonamides is 1. The second-order valence-electron chi connectivity index (χ2n) is 10.0. The van der Waals surface area contributed by atoms with E-state index >= 15 is 4.39 Å². The van der Waals surface area contributed by atoms with E-state index in [0.717, 1.165) is 18.2 Å². The molecule has 3 aromatic carbocycles. The van der Waals surface area contributed by atoms with E-state index in [1.165, 1.54) is 16.8 Å². The second kappa shape index (κ2) is 10.7. The maximum Gasteiger partial charge on any atom is 0.269 e. The van der Waals surface area contributed by atoms with Gasteiger partial charge in [-0.15, -0.1) is 0 Å². The molecule has 0 radical (unpaired) electrons. The van der Waals surface area contributed by atoms with E-state index in [0.29, 0.717) is 24.1 Å². The van der Waals surface area contributed by atoms with Crippen LogP contribution in [0.25, 0.3) is 11.3 Å². The fourth-order valence-electron chi connectivity index (χ4n) is 4.95. The minimum absolute atomic E-state index is 0.0387. The molecule has 4 aromatic rings. The number of nitrogens with two attached hydrogens (primary N) is 1. The zero-order valence-corrected chi connectivity index (χ0v) is 23.4. The summed E-state index contributed by atoms with van der Waals surface area (Å²) in [6, 6.07) is 16.0. The maximum absolute atomic E-state index is 15.3. The van der Waals surface area contributed by atoms with E-state index in [4.69, 9.17) is 9.88 Å². The summed E-state index contributed by atoms with van der Waals surface area (Å²) in [5.41, 5.74) is 0.526. The summed E-state index contributed by atoms with van der Waals surface area (Å²) in [6.07, 6.45) is -1.28. The first-order chi connectivity index (χ1) is 20.5. The minimum Gasteiger partial charge on any atom is -0.474 e. The molecule has 14 heteroatoms. The number of benzodiazepines with no additional fused rings is 1. The molecule has 2 atom stereocenters. The third kappa shape index (κ3) is 5.26. The Kier molecular flexibility index (Phi) is 7.02. The number of aryl methyl sites for hydroxylation is 1. The number of anilines is 1. The zero-order valence-electron chi connectivity index (χ0n) is 22.5. The number of para-hydroxylation sites is 1. The van der Waals surface area contributed by atoms with Crippen LogP contribution in [0.15, 0.2) is 76.6 Å². The topological polar surface area (TPSA) is 158 Å². The van der Waals surface area contributed by atoms with Crippen molar-refractivity contribution in [3.63, 3.8) is 0 Å². The van der Waals surface area contributed by atoms with Crippen molar-refractivity contribution in [1.29, 1.82) is 0 Å². The summed E-state index contributed by atoms with van der Waals surface area (Å²) in [5, 5.41) is 14.6. The van der Waals surface area contributed by atoms with E-state index in [9.17, 15) is 22.4 Å². The van der Waals surface area contributed by atoms with E-state index in [2.05, 4.69) is 20.7 Å². The smallest absolute Gasteiger partial charge is 0.269 e. The van der Waals surface area contributed by atoms with Gasteiger partial charge in [-0.25, -0.2) is 32.0 Å². The van der Waals surface area contributed by atoms with Crippen molar-refractivity contribution in [3.8, 4) is 17.1 Å². The number of hydrogen-bond donors (Lipinski definition) is 3. The van der Waals surface area contributed by atoms with Crippen LogP contribution in [0, 0.1) is 11.6 Å². The summed E-state index contributed by atoms with van der Waals surface area (Å²) >= 11 is 0. The number of amides is 2. The summed E-state index contributed by atoms with van der Waals surface area (Å²) in [5.74, 6) is -3.33. The molecule has 0 bridgehead atoms. The van der Waals surface area contributed by atoms with Crippen LogP contribution in [0.4, 0.5) is 14.5 Å². The first-order valence-electron chi connectivity index (χ1n) is 13.2. The number of fused-ring (bicyclic) bond motifs is 2. The number of nitrogens with one attached hydrogen (secondary N) is 2. The minimum atomic E-state index is -4.20. The molecule has 1 aromatic heterocycles. The predicted molar refractivity (Wildman–Crippen MR) is 152 cm³/mol. The van der Waals surface area contributed by atoms with Gasteiger partial charge >= 0.3 is 0 Å². The van der Waals surface area contributed by atoms with Crippen molar-refractivity contribution < 1.29 is 31.5 Å². The van der Waals surface area contributed by atoms with E-state index in [-0.39, 0.29) is 40.2 Å². The molecule has 4 N–H and O–H groups in total. The Bertz CT molecular complexity index is 1930. The van der Waals surface area contributed by atoms with Crippen LogP contribution < -0.4 is 20.5 Å². The molecule has 0 saturated heterocycles. The van der Waals surface area contributed by atoms with Gasteiger partial charge in [-0.1, -0.05) is 42.5 Å². The highest BCUT2D eigenvalue weighted by molar-refractivity contribution is 7.89. The van der Waals surface area contributed by atoms with Crippen molar-refractivity contribution in [3.05, 3.63) is 95.1 Å². The van der Waals surface area contributed by atoms with Gasteiger partial charge < -0.3 is 15.4 Å². The highest BCUT2D eigenvalue weighted by Crippen LogP contribution is 2.36. The third-order valence-electron chi connectivity index (χ3n) is 7.06. The lowest BCUT2D eigenvalue weighted by Gasteiger charge is -2.22. The van der Waals surface area contributed by atoms with Crippen molar-refractivity contribution in [2.24, 2.45) is 10.1 Å². The molecule has 0 fully saturated rings. The normalized spacial score (nSPS) is 18.0. The van der Waals surface area contributed by atoms with Crippen molar-refractivity contribution >= 4 is 33.2 Å². The van der Waals surface area contributed by atoms with Crippen LogP contribution in [0.2, 0.25) is 0 Å². The van der Waals surface area contributed by atoms with Crippen molar-refractivity contribution in [1.82, 2.24) is 15.1 Å². The average Bonchev–Trinajstić information content (AvgIpc) is 3.27. The van der Waals surface area contributed by atoms with Crippen LogP contribution >= 0.6 is 0 Å². The Morgan fingerprint density at radius 3 is 2.56 bits per heavy atom. The number of sulfonamides is 1. The van der Waals surface area contributed by atoms with Crippen LogP contribution in [-0.4, -0.2) is 48.0 Å². The molecule has 3 heterocycles. The molecule has 11 nitrogen and oxygen atoms in total. The molecule has 0 spiro atoms. The highest BCUT2D eigenvalue weighted by atomic mass is 32.2. The number of aromatic nitrogens is 2. The Morgan fingerprint density at radius 1 is 1.07 bits per heavy atom. The number of ether oxygens (including phenoxy) is 1. The van der Waals surface area contributed by atoms with E-state index in [1.54, 1.807) is 43.3 Å². The summed E-state index contributed by atoms with van der Waals surface area (Å²) in [4.78, 5) is 31.3. The quantitative estimate of drug-likeness (QED) is 0.317. The number of hydrogen-bond acceptors (Lipinski definition) is 7. The standard InChI is InChI=1S/C29H24F2N6O5S/c1-15-12-13-37-29(42-15)22(25(36-37)18-11-10-17(14-21(18)31)43(32,40)41)27(38)35-26-28(39)34-24-19(8-5-9-20(24)30)23(33-26)16-6-3-2-4-7-16/h2-11,14-15,26H,12-13H2,1H3,(H,34,39)(H,35,38)(H2,32,40,41)/t15?,26-/m1/s1. The molecule has 220 valence electrons. The van der Waals surface area contributed by atoms with E-state index < -0.39 is 44.5 Å². The lowest BCUT2D eigenvalue weighted by atomic mass is 10.0. The summed E-state index contributed by atoms with van der Waals surface area (Å²) in [7, 11) is -4.20. The molecule has 0 saturated carbocycles. The SMILES string of the molecule is CC1CCn2nc(-c3ccc(S(N)(=O)=O)cc3F)c(C(=O)N[C@H]3N=C(c4ccccc4)c4cccc(F)c4NC3=O)c2O1. The molecular weight excluding hydrogens is 582 g/mol. The van der Waals surface area contributed by atoms with Gasteiger partial charge in [0, 0.05) is 29.7 Å². The Balaban J connectivity index is 1.44. The van der Waals surface area contributed by atoms with Crippen LogP contribution in [0.5, 0.6) is 5.88 Å². The van der Waals surface area contributed by atoms with Gasteiger partial charge in [0.2, 0.25) is 22.1 Å². The zero-order chi connectivity index (χ0) is 30.5. The number of aliphatic imine (C=N–C) groups is 1. The molecule has 2 amide bonds. The fraction of sp³-hybridized carbons (Fsp3) is 0.172. The van der Waals surface area contributed by atoms with Crippen molar-refractivity contribution in [2.75, 3.05) is 5.32 Å². The van der Waals surface area contributed by atoms with Gasteiger partial charge in [0.15, 0.2) is 0 Å². The van der Waals surface area contributed by atoms with Gasteiger partial charge in [0.05, 0.1) is 22.4 Å². The largest absolute Gasteiger partial charge is 0.474 e. The van der Waals surface area contributed by atoms with E-state index in [1.807, 2.05) is 0 Å². The highest BCUT2D eigenvalue weighted by Gasteiger charge is 2.35.